The maximum atomic E-state index is 12.9. The van der Waals surface area contributed by atoms with Gasteiger partial charge in [-0.05, 0) is 50.7 Å². The Balaban J connectivity index is 1.17. The van der Waals surface area contributed by atoms with E-state index in [4.69, 9.17) is 10.5 Å². The van der Waals surface area contributed by atoms with Gasteiger partial charge in [0, 0.05) is 12.0 Å². The minimum absolute atomic E-state index is 0.128. The molecule has 2 amide bonds. The van der Waals surface area contributed by atoms with E-state index in [0.717, 1.165) is 34.6 Å². The van der Waals surface area contributed by atoms with Crippen LogP contribution in [0.15, 0.2) is 24.5 Å². The average molecular weight is 622 g/mol. The first-order chi connectivity index (χ1) is 19.7. The van der Waals surface area contributed by atoms with Crippen LogP contribution in [0.2, 0.25) is 0 Å². The van der Waals surface area contributed by atoms with Crippen LogP contribution in [0.25, 0.3) is 5.52 Å². The van der Waals surface area contributed by atoms with Crippen LogP contribution in [0.4, 0.5) is 26.3 Å². The zero-order valence-electron chi connectivity index (χ0n) is 21.7. The highest BCUT2D eigenvalue weighted by molar-refractivity contribution is 7.14. The third kappa shape index (κ3) is 5.97. The number of nitrogens with zero attached hydrogens (tertiary/aromatic N) is 3. The van der Waals surface area contributed by atoms with E-state index in [1.807, 2.05) is 0 Å². The Morgan fingerprint density at radius 3 is 2.33 bits per heavy atom. The van der Waals surface area contributed by atoms with Gasteiger partial charge in [-0.25, -0.2) is 9.50 Å². The number of ether oxygens (including phenoxy) is 2. The number of pyridine rings is 1. The molecule has 5 rings (SSSR count). The van der Waals surface area contributed by atoms with Gasteiger partial charge >= 0.3 is 12.4 Å². The fraction of sp³-hybridized carbons (Fsp3) is 0.520. The molecule has 0 atom stereocenters. The van der Waals surface area contributed by atoms with E-state index in [2.05, 4.69) is 20.1 Å². The van der Waals surface area contributed by atoms with Crippen LogP contribution in [0, 0.1) is 0 Å². The molecule has 0 saturated heterocycles. The summed E-state index contributed by atoms with van der Waals surface area (Å²) < 4.78 is 89.1. The van der Waals surface area contributed by atoms with Crippen LogP contribution in [0.1, 0.15) is 69.5 Å². The molecule has 3 heterocycles. The van der Waals surface area contributed by atoms with Gasteiger partial charge in [0.05, 0.1) is 23.5 Å². The van der Waals surface area contributed by atoms with E-state index in [1.54, 1.807) is 0 Å². The Labute approximate surface area is 237 Å². The van der Waals surface area contributed by atoms with Crippen LogP contribution >= 0.6 is 11.3 Å². The maximum absolute atomic E-state index is 12.9. The highest BCUT2D eigenvalue weighted by atomic mass is 32.1. The number of aromatic nitrogens is 3. The van der Waals surface area contributed by atoms with E-state index in [1.165, 1.54) is 23.6 Å². The Hall–Kier alpha value is -3.60. The van der Waals surface area contributed by atoms with Gasteiger partial charge < -0.3 is 25.6 Å². The Morgan fingerprint density at radius 2 is 1.74 bits per heavy atom. The van der Waals surface area contributed by atoms with E-state index < -0.39 is 42.1 Å². The predicted octanol–water partition coefficient (Wildman–Crippen LogP) is 4.12. The molecule has 3 aromatic rings. The monoisotopic (exact) mass is 621 g/mol. The molecule has 0 unspecified atom stereocenters. The number of aliphatic hydroxyl groups is 1. The van der Waals surface area contributed by atoms with E-state index in [0.29, 0.717) is 36.5 Å². The number of primary amides is 1. The number of carbonyl (C=O) groups is 2. The Kier molecular flexibility index (Phi) is 7.76. The number of hydrogen-bond acceptors (Lipinski definition) is 8. The summed E-state index contributed by atoms with van der Waals surface area (Å²) in [5.74, 6) is -0.910. The molecule has 10 nitrogen and oxygen atoms in total. The van der Waals surface area contributed by atoms with Crippen molar-refractivity contribution in [2.45, 2.75) is 74.5 Å². The normalized spacial score (nSPS) is 20.0. The van der Waals surface area contributed by atoms with E-state index in [-0.39, 0.29) is 29.1 Å². The smallest absolute Gasteiger partial charge is 0.429 e. The fourth-order valence-electron chi connectivity index (χ4n) is 4.55. The van der Waals surface area contributed by atoms with Gasteiger partial charge in [0.15, 0.2) is 4.88 Å². The van der Waals surface area contributed by atoms with Gasteiger partial charge in [0.1, 0.15) is 23.5 Å². The summed E-state index contributed by atoms with van der Waals surface area (Å²) in [4.78, 5) is 29.5. The first-order valence-electron chi connectivity index (χ1n) is 12.9. The average Bonchev–Trinajstić information content (AvgIpc) is 3.53. The molecular formula is C25H25F6N5O5S. The van der Waals surface area contributed by atoms with Crippen LogP contribution in [0.3, 0.4) is 0 Å². The van der Waals surface area contributed by atoms with Crippen molar-refractivity contribution in [2.75, 3.05) is 6.61 Å². The highest BCUT2D eigenvalue weighted by Gasteiger charge is 2.71. The molecule has 4 N–H and O–H groups in total. The van der Waals surface area contributed by atoms with Crippen molar-refractivity contribution >= 4 is 28.7 Å². The first-order valence-corrected chi connectivity index (χ1v) is 13.7. The number of nitrogens with one attached hydrogen (secondary N) is 1. The predicted molar refractivity (Wildman–Crippen MR) is 134 cm³/mol. The van der Waals surface area contributed by atoms with Crippen molar-refractivity contribution in [1.82, 2.24) is 19.9 Å². The van der Waals surface area contributed by atoms with Crippen molar-refractivity contribution < 1.29 is 50.5 Å². The van der Waals surface area contributed by atoms with E-state index >= 15 is 0 Å². The highest BCUT2D eigenvalue weighted by Crippen LogP contribution is 2.45. The molecule has 0 aromatic carbocycles. The van der Waals surface area contributed by atoms with Crippen LogP contribution in [-0.2, 0) is 0 Å². The summed E-state index contributed by atoms with van der Waals surface area (Å²) in [6, 6.07) is 2.12. The lowest BCUT2D eigenvalue weighted by Gasteiger charge is -2.31. The van der Waals surface area contributed by atoms with Crippen molar-refractivity contribution in [3.8, 4) is 11.6 Å². The summed E-state index contributed by atoms with van der Waals surface area (Å²) in [7, 11) is 0. The summed E-state index contributed by atoms with van der Waals surface area (Å²) in [5, 5.41) is 16.9. The topological polar surface area (TPSA) is 141 Å². The molecule has 2 saturated carbocycles. The van der Waals surface area contributed by atoms with Gasteiger partial charge in [-0.1, -0.05) is 0 Å². The standard InChI is InChI=1S/C25H25F6N5O5S/c26-24(27,28)23(39,25(29,30)31)11-40-15-7-8-17-16(9-33-36(17)10-15)20(38)34-13-3-5-14(6-4-13)41-21-18(19(32)37)42-22(35-21)12-1-2-12/h7-10,12-14,39H,1-6,11H2,(H2,32,37)(H,34,38). The molecule has 17 heteroatoms. The van der Waals surface area contributed by atoms with Crippen LogP contribution in [-0.4, -0.2) is 68.2 Å². The SMILES string of the molecule is NC(=O)c1sc(C2CC2)nc1OC1CCC(NC(=O)c2cnn3cc(OCC(O)(C(F)(F)F)C(F)(F)F)ccc23)CC1. The zero-order chi connectivity index (χ0) is 30.4. The Bertz CT molecular complexity index is 1460. The molecule has 3 aromatic heterocycles. The summed E-state index contributed by atoms with van der Waals surface area (Å²) in [6.07, 6.45) is -5.72. The van der Waals surface area contributed by atoms with Crippen molar-refractivity contribution in [3.63, 3.8) is 0 Å². The van der Waals surface area contributed by atoms with E-state index in [9.17, 15) is 41.0 Å². The second-order valence-electron chi connectivity index (χ2n) is 10.3. The summed E-state index contributed by atoms with van der Waals surface area (Å²) in [6.45, 7) is -2.12. The number of thiazole rings is 1. The molecule has 2 aliphatic carbocycles. The van der Waals surface area contributed by atoms with Gasteiger partial charge in [0.2, 0.25) is 5.88 Å². The van der Waals surface area contributed by atoms with Gasteiger partial charge in [-0.15, -0.1) is 11.3 Å². The third-order valence-corrected chi connectivity index (χ3v) is 8.38. The van der Waals surface area contributed by atoms with Gasteiger partial charge in [-0.3, -0.25) is 9.59 Å². The summed E-state index contributed by atoms with van der Waals surface area (Å²) >= 11 is 1.26. The molecule has 2 fully saturated rings. The first kappa shape index (κ1) is 29.9. The number of rotatable bonds is 9. The third-order valence-electron chi connectivity index (χ3n) is 7.17. The van der Waals surface area contributed by atoms with Crippen molar-refractivity contribution in [2.24, 2.45) is 5.73 Å². The number of alkyl halides is 6. The zero-order valence-corrected chi connectivity index (χ0v) is 22.5. The van der Waals surface area contributed by atoms with Crippen molar-refractivity contribution in [1.29, 1.82) is 0 Å². The van der Waals surface area contributed by atoms with Crippen molar-refractivity contribution in [3.05, 3.63) is 40.0 Å². The molecule has 0 radical (unpaired) electrons. The number of halogens is 6. The second-order valence-corrected chi connectivity index (χ2v) is 11.3. The molecule has 0 aliphatic heterocycles. The van der Waals surface area contributed by atoms with Gasteiger partial charge in [-0.2, -0.15) is 31.4 Å². The molecule has 2 aliphatic rings. The summed E-state index contributed by atoms with van der Waals surface area (Å²) in [5.41, 5.74) is 0.772. The molecule has 228 valence electrons. The number of fused-ring (bicyclic) bond motifs is 1. The molecule has 42 heavy (non-hydrogen) atoms. The molecular weight excluding hydrogens is 596 g/mol. The number of carbonyl (C=O) groups excluding carboxylic acids is 2. The van der Waals surface area contributed by atoms with Gasteiger partial charge in [0.25, 0.3) is 17.4 Å². The lowest BCUT2D eigenvalue weighted by atomic mass is 9.92. The van der Waals surface area contributed by atoms with Crippen LogP contribution in [0.5, 0.6) is 11.6 Å². The minimum atomic E-state index is -6.02. The Morgan fingerprint density at radius 1 is 1.07 bits per heavy atom. The largest absolute Gasteiger partial charge is 0.488 e. The number of hydrogen-bond donors (Lipinski definition) is 3. The van der Waals surface area contributed by atoms with Crippen LogP contribution < -0.4 is 20.5 Å². The minimum Gasteiger partial charge on any atom is -0.488 e. The molecule has 0 bridgehead atoms. The lowest BCUT2D eigenvalue weighted by Crippen LogP contribution is -2.60. The quantitative estimate of drug-likeness (QED) is 0.305. The fourth-order valence-corrected chi connectivity index (χ4v) is 5.57. The molecule has 0 spiro atoms. The number of nitrogens with two attached hydrogens (primary N) is 1. The number of amides is 2. The maximum Gasteiger partial charge on any atom is 0.429 e. The lowest BCUT2D eigenvalue weighted by molar-refractivity contribution is -0.373. The second kappa shape index (κ2) is 10.9.